The molecule has 0 saturated heterocycles. The number of aromatic nitrogens is 1. The van der Waals surface area contributed by atoms with Gasteiger partial charge in [-0.1, -0.05) is 23.9 Å². The lowest BCUT2D eigenvalue weighted by molar-refractivity contribution is -0.115. The first-order valence-corrected chi connectivity index (χ1v) is 9.80. The maximum absolute atomic E-state index is 12.6. The number of rotatable bonds is 6. The minimum atomic E-state index is -2.98. The molecule has 0 radical (unpaired) electrons. The van der Waals surface area contributed by atoms with Crippen molar-refractivity contribution in [3.8, 4) is 11.8 Å². The van der Waals surface area contributed by atoms with Crippen LogP contribution in [0.2, 0.25) is 0 Å². The van der Waals surface area contributed by atoms with Crippen LogP contribution in [0.25, 0.3) is 0 Å². The second-order valence-corrected chi connectivity index (χ2v) is 7.72. The van der Waals surface area contributed by atoms with Gasteiger partial charge in [0, 0.05) is 5.69 Å². The number of amides is 1. The van der Waals surface area contributed by atoms with Gasteiger partial charge in [0.15, 0.2) is 0 Å². The van der Waals surface area contributed by atoms with Crippen LogP contribution in [0.4, 0.5) is 14.5 Å². The minimum absolute atomic E-state index is 0.104. The number of ether oxygens (including phenoxy) is 1. The summed E-state index contributed by atoms with van der Waals surface area (Å²) in [5.41, 5.74) is 2.70. The van der Waals surface area contributed by atoms with Gasteiger partial charge in [-0.2, -0.15) is 14.0 Å². The molecule has 28 heavy (non-hydrogen) atoms. The third kappa shape index (κ3) is 4.78. The van der Waals surface area contributed by atoms with Gasteiger partial charge in [-0.05, 0) is 56.4 Å². The Labute approximate surface area is 166 Å². The van der Waals surface area contributed by atoms with E-state index in [1.807, 2.05) is 6.07 Å². The fourth-order valence-corrected chi connectivity index (χ4v) is 3.90. The first-order chi connectivity index (χ1) is 13.5. The van der Waals surface area contributed by atoms with Crippen molar-refractivity contribution in [3.05, 3.63) is 47.2 Å². The average molecular weight is 403 g/mol. The van der Waals surface area contributed by atoms with Crippen LogP contribution < -0.4 is 10.1 Å². The highest BCUT2D eigenvalue weighted by Gasteiger charge is 2.21. The smallest absolute Gasteiger partial charge is 0.387 e. The number of fused-ring (bicyclic) bond motifs is 1. The van der Waals surface area contributed by atoms with Crippen LogP contribution >= 0.6 is 11.8 Å². The number of alkyl halides is 2. The predicted octanol–water partition coefficient (Wildman–Crippen LogP) is 4.55. The second-order valence-electron chi connectivity index (χ2n) is 6.39. The third-order valence-electron chi connectivity index (χ3n) is 4.40. The Bertz CT molecular complexity index is 915. The molecule has 0 fully saturated rings. The average Bonchev–Trinajstić information content (AvgIpc) is 2.68. The normalized spacial score (nSPS) is 14.1. The predicted molar refractivity (Wildman–Crippen MR) is 103 cm³/mol. The number of hydrogen-bond donors (Lipinski definition) is 1. The molecule has 0 saturated carbocycles. The van der Waals surface area contributed by atoms with E-state index in [0.717, 1.165) is 36.9 Å². The number of aryl methyl sites for hydroxylation is 2. The summed E-state index contributed by atoms with van der Waals surface area (Å²) in [5, 5.41) is 12.0. The van der Waals surface area contributed by atoms with Crippen molar-refractivity contribution >= 4 is 23.4 Å². The maximum Gasteiger partial charge on any atom is 0.387 e. The first-order valence-electron chi connectivity index (χ1n) is 8.92. The molecule has 0 spiro atoms. The van der Waals surface area contributed by atoms with E-state index < -0.39 is 17.8 Å². The second kappa shape index (κ2) is 9.02. The molecule has 146 valence electrons. The Kier molecular flexibility index (Phi) is 6.47. The highest BCUT2D eigenvalue weighted by molar-refractivity contribution is 8.00. The van der Waals surface area contributed by atoms with E-state index in [1.165, 1.54) is 23.9 Å². The zero-order valence-electron chi connectivity index (χ0n) is 15.2. The summed E-state index contributed by atoms with van der Waals surface area (Å²) in [6.45, 7) is -1.30. The van der Waals surface area contributed by atoms with Crippen LogP contribution in [-0.2, 0) is 17.6 Å². The summed E-state index contributed by atoms with van der Waals surface area (Å²) in [5.74, 6) is -0.494. The van der Waals surface area contributed by atoms with Crippen LogP contribution in [0.5, 0.6) is 5.75 Å². The van der Waals surface area contributed by atoms with Gasteiger partial charge >= 0.3 is 6.61 Å². The van der Waals surface area contributed by atoms with Crippen LogP contribution in [0.15, 0.2) is 35.4 Å². The van der Waals surface area contributed by atoms with Crippen molar-refractivity contribution in [2.75, 3.05) is 5.32 Å². The molecule has 1 aliphatic rings. The molecule has 1 aromatic carbocycles. The van der Waals surface area contributed by atoms with Crippen molar-refractivity contribution < 1.29 is 18.3 Å². The molecule has 1 heterocycles. The van der Waals surface area contributed by atoms with Crippen molar-refractivity contribution in [3.63, 3.8) is 0 Å². The fourth-order valence-electron chi connectivity index (χ4n) is 3.01. The van der Waals surface area contributed by atoms with E-state index >= 15 is 0 Å². The topological polar surface area (TPSA) is 75.0 Å². The lowest BCUT2D eigenvalue weighted by Crippen LogP contribution is -2.23. The number of para-hydroxylation sites is 2. The fraction of sp³-hybridized carbons (Fsp3) is 0.350. The number of halogens is 2. The van der Waals surface area contributed by atoms with Gasteiger partial charge in [0.1, 0.15) is 16.8 Å². The SMILES string of the molecule is CC(Sc1nc2c(cc1C#N)CCCC2)C(=O)Nc1ccccc1OC(F)F. The number of nitrogens with zero attached hydrogens (tertiary/aromatic N) is 2. The number of nitrogens with one attached hydrogen (secondary N) is 1. The molecule has 2 aromatic rings. The number of pyridine rings is 1. The quantitative estimate of drug-likeness (QED) is 0.716. The van der Waals surface area contributed by atoms with Crippen molar-refractivity contribution in [1.82, 2.24) is 4.98 Å². The van der Waals surface area contributed by atoms with E-state index in [0.29, 0.717) is 10.6 Å². The molecule has 1 unspecified atom stereocenters. The first kappa shape index (κ1) is 20.1. The van der Waals surface area contributed by atoms with Crippen molar-refractivity contribution in [1.29, 1.82) is 5.26 Å². The van der Waals surface area contributed by atoms with Gasteiger partial charge in [-0.25, -0.2) is 4.98 Å². The van der Waals surface area contributed by atoms with Crippen LogP contribution in [0.1, 0.15) is 36.6 Å². The number of anilines is 1. The highest BCUT2D eigenvalue weighted by atomic mass is 32.2. The van der Waals surface area contributed by atoms with E-state index in [1.54, 1.807) is 19.1 Å². The summed E-state index contributed by atoms with van der Waals surface area (Å²) >= 11 is 1.18. The van der Waals surface area contributed by atoms with Gasteiger partial charge in [-0.15, -0.1) is 0 Å². The summed E-state index contributed by atoms with van der Waals surface area (Å²) < 4.78 is 29.5. The van der Waals surface area contributed by atoms with E-state index in [9.17, 15) is 18.8 Å². The highest BCUT2D eigenvalue weighted by Crippen LogP contribution is 2.31. The minimum Gasteiger partial charge on any atom is -0.433 e. The maximum atomic E-state index is 12.6. The van der Waals surface area contributed by atoms with E-state index in [-0.39, 0.29) is 11.4 Å². The van der Waals surface area contributed by atoms with Crippen LogP contribution in [-0.4, -0.2) is 22.8 Å². The Hall–Kier alpha value is -2.66. The largest absolute Gasteiger partial charge is 0.433 e. The Balaban J connectivity index is 1.74. The van der Waals surface area contributed by atoms with Crippen LogP contribution in [0, 0.1) is 11.3 Å². The monoisotopic (exact) mass is 403 g/mol. The van der Waals surface area contributed by atoms with Gasteiger partial charge in [0.05, 0.1) is 16.5 Å². The molecule has 0 bridgehead atoms. The Morgan fingerprint density at radius 1 is 1.32 bits per heavy atom. The number of thioether (sulfide) groups is 1. The standard InChI is InChI=1S/C20H19F2N3O2S/c1-12(18(26)24-16-8-4-5-9-17(16)27-20(21)22)28-19-14(11-23)10-13-6-2-3-7-15(13)25-19/h4-5,8-10,12,20H,2-3,6-7H2,1H3,(H,24,26). The molecular weight excluding hydrogens is 384 g/mol. The number of carbonyl (C=O) groups excluding carboxylic acids is 1. The lowest BCUT2D eigenvalue weighted by atomic mass is 9.95. The molecule has 1 amide bonds. The Morgan fingerprint density at radius 3 is 2.82 bits per heavy atom. The number of nitriles is 1. The number of hydrogen-bond acceptors (Lipinski definition) is 5. The zero-order chi connectivity index (χ0) is 20.1. The van der Waals surface area contributed by atoms with Gasteiger partial charge in [0.2, 0.25) is 5.91 Å². The van der Waals surface area contributed by atoms with Crippen LogP contribution in [0.3, 0.4) is 0 Å². The van der Waals surface area contributed by atoms with E-state index in [2.05, 4.69) is 21.1 Å². The molecule has 1 atom stereocenters. The molecule has 5 nitrogen and oxygen atoms in total. The van der Waals surface area contributed by atoms with Gasteiger partial charge in [-0.3, -0.25) is 4.79 Å². The molecule has 3 rings (SSSR count). The molecular formula is C20H19F2N3O2S. The van der Waals surface area contributed by atoms with Gasteiger partial charge in [0.25, 0.3) is 0 Å². The summed E-state index contributed by atoms with van der Waals surface area (Å²) in [6, 6.07) is 10.0. The molecule has 1 aromatic heterocycles. The van der Waals surface area contributed by atoms with Gasteiger partial charge < -0.3 is 10.1 Å². The van der Waals surface area contributed by atoms with E-state index in [4.69, 9.17) is 0 Å². The zero-order valence-corrected chi connectivity index (χ0v) is 16.1. The number of carbonyl (C=O) groups is 1. The summed E-state index contributed by atoms with van der Waals surface area (Å²) in [4.78, 5) is 17.2. The Morgan fingerprint density at radius 2 is 2.07 bits per heavy atom. The molecule has 1 aliphatic carbocycles. The molecule has 1 N–H and O–H groups in total. The lowest BCUT2D eigenvalue weighted by Gasteiger charge is -2.18. The molecule has 0 aliphatic heterocycles. The molecule has 8 heteroatoms. The summed E-state index contributed by atoms with van der Waals surface area (Å²) in [7, 11) is 0. The van der Waals surface area contributed by atoms with Crippen molar-refractivity contribution in [2.24, 2.45) is 0 Å². The third-order valence-corrected chi connectivity index (χ3v) is 5.51. The van der Waals surface area contributed by atoms with Crippen molar-refractivity contribution in [2.45, 2.75) is 49.5 Å². The number of benzene rings is 1. The summed E-state index contributed by atoms with van der Waals surface area (Å²) in [6.07, 6.45) is 3.93.